The molecule has 0 bridgehead atoms. The summed E-state index contributed by atoms with van der Waals surface area (Å²) in [6.45, 7) is 11.8. The van der Waals surface area contributed by atoms with Crippen molar-refractivity contribution in [1.29, 1.82) is 0 Å². The fourth-order valence-electron chi connectivity index (χ4n) is 2.69. The van der Waals surface area contributed by atoms with Crippen LogP contribution in [0.15, 0.2) is 30.3 Å². The molecule has 3 heteroatoms. The zero-order valence-corrected chi connectivity index (χ0v) is 14.2. The Hall–Kier alpha value is -2.03. The van der Waals surface area contributed by atoms with Crippen molar-refractivity contribution >= 4 is 5.91 Å². The molecule has 0 fully saturated rings. The van der Waals surface area contributed by atoms with Crippen LogP contribution in [0.3, 0.4) is 0 Å². The minimum atomic E-state index is 0.0212. The fourth-order valence-corrected chi connectivity index (χ4v) is 2.69. The van der Waals surface area contributed by atoms with Crippen LogP contribution in [0.1, 0.15) is 46.7 Å². The third-order valence-corrected chi connectivity index (χ3v) is 3.97. The van der Waals surface area contributed by atoms with Gasteiger partial charge in [0.1, 0.15) is 5.69 Å². The maximum atomic E-state index is 12.5. The molecule has 2 aromatic rings. The normalized spacial score (nSPS) is 11.0. The van der Waals surface area contributed by atoms with Crippen LogP contribution in [-0.2, 0) is 6.54 Å². The molecular weight excluding hydrogens is 272 g/mol. The van der Waals surface area contributed by atoms with E-state index < -0.39 is 0 Å². The average Bonchev–Trinajstić information content (AvgIpc) is 2.73. The number of benzene rings is 1. The molecule has 118 valence electrons. The van der Waals surface area contributed by atoms with Gasteiger partial charge in [-0.15, -0.1) is 0 Å². The van der Waals surface area contributed by atoms with Crippen molar-refractivity contribution in [2.24, 2.45) is 5.92 Å². The van der Waals surface area contributed by atoms with Crippen LogP contribution in [0.25, 0.3) is 0 Å². The van der Waals surface area contributed by atoms with Gasteiger partial charge in [-0.05, 0) is 49.4 Å². The van der Waals surface area contributed by atoms with Crippen LogP contribution in [0.2, 0.25) is 0 Å². The van der Waals surface area contributed by atoms with Gasteiger partial charge in [0.25, 0.3) is 5.91 Å². The van der Waals surface area contributed by atoms with Crippen molar-refractivity contribution in [2.45, 2.75) is 41.2 Å². The van der Waals surface area contributed by atoms with Crippen molar-refractivity contribution in [1.82, 2.24) is 9.88 Å². The van der Waals surface area contributed by atoms with Gasteiger partial charge in [-0.25, -0.2) is 0 Å². The number of nitrogens with one attached hydrogen (secondary N) is 1. The largest absolute Gasteiger partial charge is 0.350 e. The van der Waals surface area contributed by atoms with E-state index in [0.717, 1.165) is 23.5 Å². The zero-order valence-electron chi connectivity index (χ0n) is 14.2. The van der Waals surface area contributed by atoms with Crippen LogP contribution < -0.4 is 5.32 Å². The minimum absolute atomic E-state index is 0.0212. The molecule has 3 nitrogen and oxygen atoms in total. The Morgan fingerprint density at radius 2 is 1.82 bits per heavy atom. The quantitative estimate of drug-likeness (QED) is 0.894. The molecule has 0 aliphatic heterocycles. The summed E-state index contributed by atoms with van der Waals surface area (Å²) in [5.74, 6) is 0.470. The topological polar surface area (TPSA) is 34.0 Å². The third-order valence-electron chi connectivity index (χ3n) is 3.97. The first kappa shape index (κ1) is 16.3. The highest BCUT2D eigenvalue weighted by Crippen LogP contribution is 2.19. The fraction of sp³-hybridized carbons (Fsp3) is 0.421. The molecule has 1 aromatic heterocycles. The highest BCUT2D eigenvalue weighted by molar-refractivity contribution is 5.94. The van der Waals surface area contributed by atoms with E-state index in [4.69, 9.17) is 0 Å². The first-order chi connectivity index (χ1) is 10.4. The highest BCUT2D eigenvalue weighted by Gasteiger charge is 2.17. The standard InChI is InChI=1S/C19H26N2O/c1-13(2)11-20-19(22)18-15(4)10-16(5)21(18)12-17-9-7-6-8-14(17)3/h6-10,13H,11-12H2,1-5H3,(H,20,22). The van der Waals surface area contributed by atoms with E-state index in [-0.39, 0.29) is 5.91 Å². The summed E-state index contributed by atoms with van der Waals surface area (Å²) in [5, 5.41) is 3.03. The molecule has 0 radical (unpaired) electrons. The number of hydrogen-bond donors (Lipinski definition) is 1. The molecular formula is C19H26N2O. The highest BCUT2D eigenvalue weighted by atomic mass is 16.1. The summed E-state index contributed by atoms with van der Waals surface area (Å²) in [4.78, 5) is 12.5. The van der Waals surface area contributed by atoms with Gasteiger partial charge in [-0.1, -0.05) is 38.1 Å². The van der Waals surface area contributed by atoms with Gasteiger partial charge in [-0.2, -0.15) is 0 Å². The summed E-state index contributed by atoms with van der Waals surface area (Å²) in [7, 11) is 0. The van der Waals surface area contributed by atoms with Crippen molar-refractivity contribution in [3.05, 3.63) is 58.4 Å². The van der Waals surface area contributed by atoms with Crippen molar-refractivity contribution in [3.8, 4) is 0 Å². The molecule has 1 N–H and O–H groups in total. The Morgan fingerprint density at radius 1 is 1.14 bits per heavy atom. The molecule has 0 atom stereocenters. The second-order valence-electron chi connectivity index (χ2n) is 6.43. The molecule has 0 unspecified atom stereocenters. The van der Waals surface area contributed by atoms with Gasteiger partial charge in [0.2, 0.25) is 0 Å². The number of hydrogen-bond acceptors (Lipinski definition) is 1. The molecule has 1 heterocycles. The summed E-state index contributed by atoms with van der Waals surface area (Å²) < 4.78 is 2.12. The number of carbonyl (C=O) groups excluding carboxylic acids is 1. The molecule has 0 saturated heterocycles. The van der Waals surface area contributed by atoms with Crippen molar-refractivity contribution < 1.29 is 4.79 Å². The van der Waals surface area contributed by atoms with E-state index in [1.165, 1.54) is 11.1 Å². The lowest BCUT2D eigenvalue weighted by atomic mass is 10.1. The predicted octanol–water partition coefficient (Wildman–Crippen LogP) is 3.85. The first-order valence-electron chi connectivity index (χ1n) is 7.89. The smallest absolute Gasteiger partial charge is 0.268 e. The monoisotopic (exact) mass is 298 g/mol. The number of amides is 1. The second-order valence-corrected chi connectivity index (χ2v) is 6.43. The Balaban J connectivity index is 2.32. The second kappa shape index (κ2) is 6.82. The number of aromatic nitrogens is 1. The Labute approximate surface area is 133 Å². The average molecular weight is 298 g/mol. The third kappa shape index (κ3) is 3.59. The molecule has 2 rings (SSSR count). The predicted molar refractivity (Wildman–Crippen MR) is 91.4 cm³/mol. The summed E-state index contributed by atoms with van der Waals surface area (Å²) >= 11 is 0. The van der Waals surface area contributed by atoms with Crippen LogP contribution in [0.4, 0.5) is 0 Å². The number of carbonyl (C=O) groups is 1. The molecule has 0 aliphatic rings. The van der Waals surface area contributed by atoms with Crippen LogP contribution in [0, 0.1) is 26.7 Å². The minimum Gasteiger partial charge on any atom is -0.350 e. The van der Waals surface area contributed by atoms with E-state index in [0.29, 0.717) is 12.5 Å². The van der Waals surface area contributed by atoms with Gasteiger partial charge >= 0.3 is 0 Å². The van der Waals surface area contributed by atoms with E-state index >= 15 is 0 Å². The van der Waals surface area contributed by atoms with Gasteiger partial charge in [0.05, 0.1) is 0 Å². The van der Waals surface area contributed by atoms with E-state index in [1.54, 1.807) is 0 Å². The van der Waals surface area contributed by atoms with Crippen molar-refractivity contribution in [3.63, 3.8) is 0 Å². The van der Waals surface area contributed by atoms with Gasteiger partial charge < -0.3 is 9.88 Å². The summed E-state index contributed by atoms with van der Waals surface area (Å²) in [6, 6.07) is 10.4. The summed E-state index contributed by atoms with van der Waals surface area (Å²) in [5.41, 5.74) is 5.44. The van der Waals surface area contributed by atoms with Crippen LogP contribution in [-0.4, -0.2) is 17.0 Å². The molecule has 0 spiro atoms. The Bertz CT molecular complexity index is 668. The Morgan fingerprint density at radius 3 is 2.45 bits per heavy atom. The number of aryl methyl sites for hydroxylation is 3. The zero-order chi connectivity index (χ0) is 16.3. The van der Waals surface area contributed by atoms with Crippen molar-refractivity contribution in [2.75, 3.05) is 6.54 Å². The van der Waals surface area contributed by atoms with Gasteiger partial charge in [-0.3, -0.25) is 4.79 Å². The maximum absolute atomic E-state index is 12.5. The first-order valence-corrected chi connectivity index (χ1v) is 7.89. The maximum Gasteiger partial charge on any atom is 0.268 e. The van der Waals surface area contributed by atoms with Gasteiger partial charge in [0.15, 0.2) is 0 Å². The van der Waals surface area contributed by atoms with E-state index in [1.807, 2.05) is 19.1 Å². The molecule has 0 aliphatic carbocycles. The number of nitrogens with zero attached hydrogens (tertiary/aromatic N) is 1. The molecule has 22 heavy (non-hydrogen) atoms. The summed E-state index contributed by atoms with van der Waals surface area (Å²) in [6.07, 6.45) is 0. The SMILES string of the molecule is Cc1ccccc1Cn1c(C)cc(C)c1C(=O)NCC(C)C. The van der Waals surface area contributed by atoms with Gasteiger partial charge in [0, 0.05) is 18.8 Å². The molecule has 1 amide bonds. The van der Waals surface area contributed by atoms with E-state index in [9.17, 15) is 4.79 Å². The molecule has 1 aromatic carbocycles. The lowest BCUT2D eigenvalue weighted by Crippen LogP contribution is -2.30. The number of rotatable bonds is 5. The lowest BCUT2D eigenvalue weighted by Gasteiger charge is -2.15. The van der Waals surface area contributed by atoms with Crippen LogP contribution >= 0.6 is 0 Å². The lowest BCUT2D eigenvalue weighted by molar-refractivity contribution is 0.0939. The Kier molecular flexibility index (Phi) is 5.07. The van der Waals surface area contributed by atoms with E-state index in [2.05, 4.69) is 55.8 Å². The molecule has 0 saturated carbocycles. The van der Waals surface area contributed by atoms with Crippen LogP contribution in [0.5, 0.6) is 0 Å².